The number of hydrogen-bond donors (Lipinski definition) is 3. The van der Waals surface area contributed by atoms with E-state index >= 15 is 0 Å². The fourth-order valence-electron chi connectivity index (χ4n) is 2.37. The SMILES string of the molecule is O=C(CNc1cccc(C(=O)NCc2ccco2)c1)Nc1ccc(Cl)cc1. The first-order valence-electron chi connectivity index (χ1n) is 8.30. The number of nitrogens with one attached hydrogen (secondary N) is 3. The van der Waals surface area contributed by atoms with Gasteiger partial charge < -0.3 is 20.4 Å². The van der Waals surface area contributed by atoms with Crippen molar-refractivity contribution in [3.05, 3.63) is 83.3 Å². The molecule has 0 atom stereocenters. The van der Waals surface area contributed by atoms with Gasteiger partial charge >= 0.3 is 0 Å². The van der Waals surface area contributed by atoms with Crippen molar-refractivity contribution < 1.29 is 14.0 Å². The first-order valence-corrected chi connectivity index (χ1v) is 8.68. The number of carbonyl (C=O) groups excluding carboxylic acids is 2. The van der Waals surface area contributed by atoms with Crippen LogP contribution in [0.15, 0.2) is 71.3 Å². The number of carbonyl (C=O) groups is 2. The van der Waals surface area contributed by atoms with Gasteiger partial charge in [0.2, 0.25) is 5.91 Å². The Balaban J connectivity index is 1.51. The minimum atomic E-state index is -0.222. The molecule has 0 aliphatic carbocycles. The van der Waals surface area contributed by atoms with Gasteiger partial charge in [0.15, 0.2) is 0 Å². The first kappa shape index (κ1) is 18.5. The molecule has 2 amide bonds. The predicted octanol–water partition coefficient (Wildman–Crippen LogP) is 3.91. The lowest BCUT2D eigenvalue weighted by molar-refractivity contribution is -0.114. The highest BCUT2D eigenvalue weighted by Gasteiger charge is 2.08. The summed E-state index contributed by atoms with van der Waals surface area (Å²) in [6, 6.07) is 17.3. The summed E-state index contributed by atoms with van der Waals surface area (Å²) in [4.78, 5) is 24.3. The minimum absolute atomic E-state index is 0.0695. The molecule has 1 heterocycles. The molecule has 3 rings (SSSR count). The molecule has 0 bridgehead atoms. The van der Waals surface area contributed by atoms with Gasteiger partial charge in [0, 0.05) is 22.0 Å². The molecule has 1 aromatic heterocycles. The van der Waals surface area contributed by atoms with Crippen molar-refractivity contribution >= 4 is 34.8 Å². The molecule has 27 heavy (non-hydrogen) atoms. The molecule has 0 aliphatic rings. The molecule has 3 aromatic rings. The molecule has 138 valence electrons. The zero-order valence-electron chi connectivity index (χ0n) is 14.4. The van der Waals surface area contributed by atoms with E-state index < -0.39 is 0 Å². The molecule has 0 saturated heterocycles. The fraction of sp³-hybridized carbons (Fsp3) is 0.100. The largest absolute Gasteiger partial charge is 0.467 e. The number of hydrogen-bond acceptors (Lipinski definition) is 4. The molecular weight excluding hydrogens is 366 g/mol. The van der Waals surface area contributed by atoms with Crippen LogP contribution in [0.3, 0.4) is 0 Å². The standard InChI is InChI=1S/C20H18ClN3O3/c21-15-6-8-16(9-7-15)24-19(25)13-22-17-4-1-3-14(11-17)20(26)23-12-18-5-2-10-27-18/h1-11,22H,12-13H2,(H,23,26)(H,24,25). The summed E-state index contributed by atoms with van der Waals surface area (Å²) < 4.78 is 5.18. The van der Waals surface area contributed by atoms with Crippen molar-refractivity contribution in [2.45, 2.75) is 6.54 Å². The average Bonchev–Trinajstić information content (AvgIpc) is 3.20. The summed E-state index contributed by atoms with van der Waals surface area (Å²) in [5.41, 5.74) is 1.83. The highest BCUT2D eigenvalue weighted by atomic mass is 35.5. The third kappa shape index (κ3) is 5.62. The quantitative estimate of drug-likeness (QED) is 0.577. The van der Waals surface area contributed by atoms with Gasteiger partial charge in [-0.1, -0.05) is 17.7 Å². The molecule has 0 spiro atoms. The Morgan fingerprint density at radius 2 is 1.78 bits per heavy atom. The van der Waals surface area contributed by atoms with Gasteiger partial charge in [-0.05, 0) is 54.6 Å². The van der Waals surface area contributed by atoms with Crippen LogP contribution in [0.25, 0.3) is 0 Å². The fourth-order valence-corrected chi connectivity index (χ4v) is 2.50. The van der Waals surface area contributed by atoms with Crippen LogP contribution in [0.5, 0.6) is 0 Å². The van der Waals surface area contributed by atoms with E-state index in [4.69, 9.17) is 16.0 Å². The summed E-state index contributed by atoms with van der Waals surface area (Å²) in [5.74, 6) is 0.252. The van der Waals surface area contributed by atoms with Crippen LogP contribution in [0.4, 0.5) is 11.4 Å². The molecule has 0 radical (unpaired) electrons. The zero-order valence-corrected chi connectivity index (χ0v) is 15.1. The molecule has 0 saturated carbocycles. The van der Waals surface area contributed by atoms with Gasteiger partial charge in [-0.3, -0.25) is 9.59 Å². The van der Waals surface area contributed by atoms with E-state index in [1.54, 1.807) is 66.9 Å². The predicted molar refractivity (Wildman–Crippen MR) is 105 cm³/mol. The van der Waals surface area contributed by atoms with Crippen molar-refractivity contribution in [3.63, 3.8) is 0 Å². The third-order valence-corrected chi connectivity index (χ3v) is 3.96. The molecule has 0 unspecified atom stereocenters. The van der Waals surface area contributed by atoms with Gasteiger partial charge in [0.1, 0.15) is 5.76 Å². The Kier molecular flexibility index (Phi) is 6.12. The van der Waals surface area contributed by atoms with E-state index in [1.807, 2.05) is 0 Å². The molecule has 2 aromatic carbocycles. The second-order valence-corrected chi connectivity index (χ2v) is 6.19. The van der Waals surface area contributed by atoms with Crippen LogP contribution in [-0.2, 0) is 11.3 Å². The number of halogens is 1. The second-order valence-electron chi connectivity index (χ2n) is 5.75. The van der Waals surface area contributed by atoms with E-state index in [0.717, 1.165) is 0 Å². The van der Waals surface area contributed by atoms with Crippen LogP contribution in [0.1, 0.15) is 16.1 Å². The second kappa shape index (κ2) is 8.91. The van der Waals surface area contributed by atoms with Gasteiger partial charge in [0.25, 0.3) is 5.91 Å². The number of amides is 2. The van der Waals surface area contributed by atoms with Crippen LogP contribution >= 0.6 is 11.6 Å². The van der Waals surface area contributed by atoms with Crippen LogP contribution in [0.2, 0.25) is 5.02 Å². The summed E-state index contributed by atoms with van der Waals surface area (Å²) >= 11 is 5.82. The molecular formula is C20H18ClN3O3. The van der Waals surface area contributed by atoms with Gasteiger partial charge in [-0.2, -0.15) is 0 Å². The van der Waals surface area contributed by atoms with Crippen molar-refractivity contribution in [1.82, 2.24) is 5.32 Å². The van der Waals surface area contributed by atoms with Crippen molar-refractivity contribution in [2.75, 3.05) is 17.2 Å². The van der Waals surface area contributed by atoms with Crippen LogP contribution in [-0.4, -0.2) is 18.4 Å². The van der Waals surface area contributed by atoms with Crippen LogP contribution < -0.4 is 16.0 Å². The average molecular weight is 384 g/mol. The number of rotatable bonds is 7. The first-order chi connectivity index (χ1) is 13.1. The Hall–Kier alpha value is -3.25. The van der Waals surface area contributed by atoms with E-state index in [9.17, 15) is 9.59 Å². The van der Waals surface area contributed by atoms with Crippen molar-refractivity contribution in [1.29, 1.82) is 0 Å². The monoisotopic (exact) mass is 383 g/mol. The summed E-state index contributed by atoms with van der Waals surface area (Å²) in [6.45, 7) is 0.382. The van der Waals surface area contributed by atoms with Gasteiger partial charge in [-0.15, -0.1) is 0 Å². The Morgan fingerprint density at radius 1 is 0.963 bits per heavy atom. The van der Waals surface area contributed by atoms with Crippen molar-refractivity contribution in [2.24, 2.45) is 0 Å². The molecule has 3 N–H and O–H groups in total. The van der Waals surface area contributed by atoms with Crippen molar-refractivity contribution in [3.8, 4) is 0 Å². The summed E-state index contributed by atoms with van der Waals surface area (Å²) in [5, 5.41) is 9.15. The molecule has 7 heteroatoms. The lowest BCUT2D eigenvalue weighted by Gasteiger charge is -2.09. The Bertz CT molecular complexity index is 908. The Morgan fingerprint density at radius 3 is 2.52 bits per heavy atom. The van der Waals surface area contributed by atoms with Gasteiger partial charge in [0.05, 0.1) is 19.4 Å². The number of benzene rings is 2. The maximum atomic E-state index is 12.2. The molecule has 6 nitrogen and oxygen atoms in total. The highest BCUT2D eigenvalue weighted by Crippen LogP contribution is 2.14. The van der Waals surface area contributed by atoms with E-state index in [2.05, 4.69) is 16.0 Å². The normalized spacial score (nSPS) is 10.3. The Labute approximate surface area is 161 Å². The molecule has 0 aliphatic heterocycles. The highest BCUT2D eigenvalue weighted by molar-refractivity contribution is 6.30. The minimum Gasteiger partial charge on any atom is -0.467 e. The zero-order chi connectivity index (χ0) is 19.1. The molecule has 0 fully saturated rings. The third-order valence-electron chi connectivity index (χ3n) is 3.71. The maximum Gasteiger partial charge on any atom is 0.251 e. The van der Waals surface area contributed by atoms with E-state index in [-0.39, 0.29) is 18.4 Å². The smallest absolute Gasteiger partial charge is 0.251 e. The number of anilines is 2. The van der Waals surface area contributed by atoms with E-state index in [1.165, 1.54) is 0 Å². The summed E-state index contributed by atoms with van der Waals surface area (Å²) in [6.07, 6.45) is 1.56. The maximum absolute atomic E-state index is 12.2. The lowest BCUT2D eigenvalue weighted by atomic mass is 10.2. The number of furan rings is 1. The van der Waals surface area contributed by atoms with E-state index in [0.29, 0.717) is 34.3 Å². The lowest BCUT2D eigenvalue weighted by Crippen LogP contribution is -2.23. The van der Waals surface area contributed by atoms with Crippen LogP contribution in [0, 0.1) is 0 Å². The van der Waals surface area contributed by atoms with Gasteiger partial charge in [-0.25, -0.2) is 0 Å². The topological polar surface area (TPSA) is 83.4 Å². The summed E-state index contributed by atoms with van der Waals surface area (Å²) in [7, 11) is 0.